The Morgan fingerprint density at radius 3 is 2.80 bits per heavy atom. The van der Waals surface area contributed by atoms with Gasteiger partial charge in [-0.3, -0.25) is 4.79 Å². The molecule has 0 radical (unpaired) electrons. The van der Waals surface area contributed by atoms with Crippen molar-refractivity contribution in [2.24, 2.45) is 0 Å². The maximum absolute atomic E-state index is 11.9. The zero-order valence-corrected chi connectivity index (χ0v) is 9.33. The van der Waals surface area contributed by atoms with E-state index in [4.69, 9.17) is 0 Å². The lowest BCUT2D eigenvalue weighted by atomic mass is 9.81. The van der Waals surface area contributed by atoms with Gasteiger partial charge in [0.05, 0.1) is 0 Å². The van der Waals surface area contributed by atoms with Gasteiger partial charge in [0, 0.05) is 12.3 Å². The van der Waals surface area contributed by atoms with Crippen LogP contribution in [0.15, 0.2) is 24.3 Å². The number of aryl methyl sites for hydroxylation is 1. The molecule has 1 heteroatoms. The molecule has 15 heavy (non-hydrogen) atoms. The topological polar surface area (TPSA) is 17.1 Å². The van der Waals surface area contributed by atoms with Crippen LogP contribution in [0.25, 0.3) is 0 Å². The van der Waals surface area contributed by atoms with Gasteiger partial charge in [0.1, 0.15) is 5.78 Å². The van der Waals surface area contributed by atoms with E-state index in [1.807, 2.05) is 0 Å². The van der Waals surface area contributed by atoms with E-state index in [0.717, 1.165) is 25.7 Å². The van der Waals surface area contributed by atoms with Crippen molar-refractivity contribution in [2.75, 3.05) is 0 Å². The summed E-state index contributed by atoms with van der Waals surface area (Å²) in [4.78, 5) is 11.9. The summed E-state index contributed by atoms with van der Waals surface area (Å²) in [7, 11) is 0. The van der Waals surface area contributed by atoms with E-state index in [1.165, 1.54) is 17.5 Å². The average Bonchev–Trinajstić information content (AvgIpc) is 2.30. The number of rotatable bonds is 2. The Labute approximate surface area is 91.5 Å². The van der Waals surface area contributed by atoms with Crippen molar-refractivity contribution in [1.29, 1.82) is 0 Å². The largest absolute Gasteiger partial charge is 0.299 e. The van der Waals surface area contributed by atoms with Crippen molar-refractivity contribution >= 4 is 5.78 Å². The first-order chi connectivity index (χ1) is 7.33. The highest BCUT2D eigenvalue weighted by molar-refractivity contribution is 5.86. The molecule has 1 nitrogen and oxygen atoms in total. The van der Waals surface area contributed by atoms with E-state index in [1.54, 1.807) is 0 Å². The minimum absolute atomic E-state index is 0.190. The molecule has 0 heterocycles. The molecule has 1 atom stereocenters. The molecule has 0 amide bonds. The molecule has 1 aromatic carbocycles. The highest BCUT2D eigenvalue weighted by atomic mass is 16.1. The van der Waals surface area contributed by atoms with Gasteiger partial charge in [0.2, 0.25) is 0 Å². The van der Waals surface area contributed by atoms with Crippen LogP contribution in [0.3, 0.4) is 0 Å². The van der Waals surface area contributed by atoms with Crippen LogP contribution in [-0.2, 0) is 11.2 Å². The molecule has 0 aliphatic heterocycles. The smallest absolute Gasteiger partial charge is 0.140 e. The van der Waals surface area contributed by atoms with E-state index >= 15 is 0 Å². The molecule has 0 bridgehead atoms. The number of benzene rings is 1. The predicted molar refractivity (Wildman–Crippen MR) is 62.0 cm³/mol. The summed E-state index contributed by atoms with van der Waals surface area (Å²) in [5, 5.41) is 0. The quantitative estimate of drug-likeness (QED) is 0.717. The van der Waals surface area contributed by atoms with Gasteiger partial charge in [-0.25, -0.2) is 0 Å². The van der Waals surface area contributed by atoms with Crippen molar-refractivity contribution < 1.29 is 4.79 Å². The van der Waals surface area contributed by atoms with Crippen LogP contribution in [0.4, 0.5) is 0 Å². The van der Waals surface area contributed by atoms with Gasteiger partial charge in [0.15, 0.2) is 0 Å². The molecule has 0 spiro atoms. The third-order valence-electron chi connectivity index (χ3n) is 3.37. The van der Waals surface area contributed by atoms with Crippen molar-refractivity contribution in [2.45, 2.75) is 44.9 Å². The van der Waals surface area contributed by atoms with Gasteiger partial charge < -0.3 is 0 Å². The molecule has 0 N–H and O–H groups in total. The van der Waals surface area contributed by atoms with Gasteiger partial charge in [-0.2, -0.15) is 0 Å². The molecular formula is C14H18O. The van der Waals surface area contributed by atoms with Crippen LogP contribution in [0.2, 0.25) is 0 Å². The van der Waals surface area contributed by atoms with Gasteiger partial charge >= 0.3 is 0 Å². The molecule has 1 saturated carbocycles. The maximum atomic E-state index is 11.9. The lowest BCUT2D eigenvalue weighted by molar-refractivity contribution is -0.121. The fraction of sp³-hybridized carbons (Fsp3) is 0.500. The minimum atomic E-state index is 0.190. The van der Waals surface area contributed by atoms with E-state index in [9.17, 15) is 4.79 Å². The molecule has 1 unspecified atom stereocenters. The summed E-state index contributed by atoms with van der Waals surface area (Å²) in [6.07, 6.45) is 5.15. The Bertz CT molecular complexity index is 354. The Morgan fingerprint density at radius 1 is 1.27 bits per heavy atom. The second-order valence-corrected chi connectivity index (χ2v) is 4.32. The Balaban J connectivity index is 2.30. The van der Waals surface area contributed by atoms with E-state index in [0.29, 0.717) is 5.78 Å². The van der Waals surface area contributed by atoms with Gasteiger partial charge in [-0.05, 0) is 30.4 Å². The van der Waals surface area contributed by atoms with Crippen LogP contribution in [0.5, 0.6) is 0 Å². The Morgan fingerprint density at radius 2 is 2.07 bits per heavy atom. The summed E-state index contributed by atoms with van der Waals surface area (Å²) < 4.78 is 0. The molecule has 1 aromatic rings. The molecule has 0 aromatic heterocycles. The first-order valence-electron chi connectivity index (χ1n) is 5.93. The Hall–Kier alpha value is -1.11. The fourth-order valence-electron chi connectivity index (χ4n) is 2.51. The van der Waals surface area contributed by atoms with Crippen LogP contribution >= 0.6 is 0 Å². The molecule has 1 fully saturated rings. The minimum Gasteiger partial charge on any atom is -0.299 e. The summed E-state index contributed by atoms with van der Waals surface area (Å²) in [5.74, 6) is 0.636. The van der Waals surface area contributed by atoms with Crippen molar-refractivity contribution in [1.82, 2.24) is 0 Å². The first kappa shape index (κ1) is 10.4. The van der Waals surface area contributed by atoms with Crippen molar-refractivity contribution in [3.8, 4) is 0 Å². The lowest BCUT2D eigenvalue weighted by Gasteiger charge is -2.22. The van der Waals surface area contributed by atoms with E-state index in [-0.39, 0.29) is 5.92 Å². The zero-order chi connectivity index (χ0) is 10.7. The number of Topliss-reactive ketones (excluding diaryl/α,β-unsaturated/α-hetero) is 1. The predicted octanol–water partition coefficient (Wildman–Crippen LogP) is 3.48. The second kappa shape index (κ2) is 4.61. The first-order valence-corrected chi connectivity index (χ1v) is 5.93. The number of hydrogen-bond donors (Lipinski definition) is 0. The summed E-state index contributed by atoms with van der Waals surface area (Å²) in [6.45, 7) is 2.16. The maximum Gasteiger partial charge on any atom is 0.140 e. The third-order valence-corrected chi connectivity index (χ3v) is 3.37. The number of ketones is 1. The molecule has 1 aliphatic rings. The third kappa shape index (κ3) is 2.11. The normalized spacial score (nSPS) is 21.7. The van der Waals surface area contributed by atoms with Crippen LogP contribution in [0.1, 0.15) is 49.7 Å². The molecule has 0 saturated heterocycles. The number of carbonyl (C=O) groups is 1. The van der Waals surface area contributed by atoms with Gasteiger partial charge in [-0.1, -0.05) is 37.6 Å². The fourth-order valence-corrected chi connectivity index (χ4v) is 2.51. The van der Waals surface area contributed by atoms with Gasteiger partial charge in [0.25, 0.3) is 0 Å². The van der Waals surface area contributed by atoms with Gasteiger partial charge in [-0.15, -0.1) is 0 Å². The number of hydrogen-bond acceptors (Lipinski definition) is 1. The van der Waals surface area contributed by atoms with E-state index in [2.05, 4.69) is 31.2 Å². The van der Waals surface area contributed by atoms with Crippen molar-refractivity contribution in [3.05, 3.63) is 35.4 Å². The monoisotopic (exact) mass is 202 g/mol. The van der Waals surface area contributed by atoms with Crippen LogP contribution in [-0.4, -0.2) is 5.78 Å². The molecule has 2 rings (SSSR count). The SMILES string of the molecule is CCc1ccccc1C1CCCCC1=O. The summed E-state index contributed by atoms with van der Waals surface area (Å²) in [6, 6.07) is 8.40. The molecule has 1 aliphatic carbocycles. The highest BCUT2D eigenvalue weighted by Crippen LogP contribution is 2.31. The molecular weight excluding hydrogens is 184 g/mol. The average molecular weight is 202 g/mol. The standard InChI is InChI=1S/C14H18O/c1-2-11-7-3-4-8-12(11)13-9-5-6-10-14(13)15/h3-4,7-8,13H,2,5-6,9-10H2,1H3. The van der Waals surface area contributed by atoms with Crippen LogP contribution in [0, 0.1) is 0 Å². The summed E-state index contributed by atoms with van der Waals surface area (Å²) in [5.41, 5.74) is 2.63. The van der Waals surface area contributed by atoms with Crippen LogP contribution < -0.4 is 0 Å². The zero-order valence-electron chi connectivity index (χ0n) is 9.33. The lowest BCUT2D eigenvalue weighted by Crippen LogP contribution is -2.18. The molecule has 80 valence electrons. The highest BCUT2D eigenvalue weighted by Gasteiger charge is 2.24. The van der Waals surface area contributed by atoms with E-state index < -0.39 is 0 Å². The Kier molecular flexibility index (Phi) is 3.20. The second-order valence-electron chi connectivity index (χ2n) is 4.32. The number of carbonyl (C=O) groups excluding carboxylic acids is 1. The summed E-state index contributed by atoms with van der Waals surface area (Å²) >= 11 is 0. The van der Waals surface area contributed by atoms with Crippen molar-refractivity contribution in [3.63, 3.8) is 0 Å².